The molecule has 2 unspecified atom stereocenters. The van der Waals surface area contributed by atoms with Gasteiger partial charge in [0.2, 0.25) is 0 Å². The van der Waals surface area contributed by atoms with Gasteiger partial charge in [-0.25, -0.2) is 0 Å². The third kappa shape index (κ3) is 2.76. The van der Waals surface area contributed by atoms with E-state index in [-0.39, 0.29) is 0 Å². The number of likely N-dealkylation sites (N-methyl/N-ethyl adjacent to an activating group) is 1. The van der Waals surface area contributed by atoms with E-state index in [4.69, 9.17) is 0 Å². The average molecular weight is 246 g/mol. The predicted octanol–water partition coefficient (Wildman–Crippen LogP) is 3.17. The number of hydrogen-bond acceptors (Lipinski definition) is 2. The minimum absolute atomic E-state index is 0.620. The van der Waals surface area contributed by atoms with Gasteiger partial charge < -0.3 is 5.32 Å². The highest BCUT2D eigenvalue weighted by atomic mass is 15.2. The number of benzene rings is 1. The maximum atomic E-state index is 3.52. The Morgan fingerprint density at radius 2 is 1.78 bits per heavy atom. The van der Waals surface area contributed by atoms with Crippen LogP contribution in [0.5, 0.6) is 0 Å². The summed E-state index contributed by atoms with van der Waals surface area (Å²) in [5.41, 5.74) is 3.03. The van der Waals surface area contributed by atoms with Crippen LogP contribution in [-0.4, -0.2) is 24.0 Å². The Hall–Kier alpha value is -0.860. The van der Waals surface area contributed by atoms with Gasteiger partial charge in [0.15, 0.2) is 0 Å². The third-order valence-electron chi connectivity index (χ3n) is 4.19. The molecule has 0 aliphatic carbocycles. The van der Waals surface area contributed by atoms with Crippen molar-refractivity contribution in [1.29, 1.82) is 0 Å². The Balaban J connectivity index is 2.07. The van der Waals surface area contributed by atoms with Crippen LogP contribution in [-0.2, 0) is 13.1 Å². The standard InChI is InChI=1S/C16H26N2/c1-4-8-15(17-3)16(5-2)18-11-13-9-6-7-10-14(13)12-18/h6-7,9-10,15-17H,4-5,8,11-12H2,1-3H3. The van der Waals surface area contributed by atoms with Crippen molar-refractivity contribution in [2.24, 2.45) is 0 Å². The zero-order chi connectivity index (χ0) is 13.0. The molecule has 0 saturated heterocycles. The van der Waals surface area contributed by atoms with E-state index in [0.29, 0.717) is 12.1 Å². The zero-order valence-corrected chi connectivity index (χ0v) is 11.9. The molecule has 1 aromatic rings. The summed E-state index contributed by atoms with van der Waals surface area (Å²) in [6, 6.07) is 10.1. The second-order valence-corrected chi connectivity index (χ2v) is 5.33. The molecule has 2 rings (SSSR count). The molecule has 2 atom stereocenters. The van der Waals surface area contributed by atoms with Crippen LogP contribution in [0.1, 0.15) is 44.2 Å². The molecule has 1 aliphatic heterocycles. The van der Waals surface area contributed by atoms with E-state index in [1.54, 1.807) is 0 Å². The molecule has 0 fully saturated rings. The van der Waals surface area contributed by atoms with Crippen molar-refractivity contribution in [2.45, 2.75) is 58.3 Å². The smallest absolute Gasteiger partial charge is 0.0253 e. The van der Waals surface area contributed by atoms with E-state index in [1.807, 2.05) is 0 Å². The van der Waals surface area contributed by atoms with Crippen molar-refractivity contribution >= 4 is 0 Å². The van der Waals surface area contributed by atoms with Gasteiger partial charge in [0, 0.05) is 25.2 Å². The number of rotatable bonds is 6. The Morgan fingerprint density at radius 3 is 2.22 bits per heavy atom. The fourth-order valence-corrected chi connectivity index (χ4v) is 3.23. The fraction of sp³-hybridized carbons (Fsp3) is 0.625. The second kappa shape index (κ2) is 6.35. The summed E-state index contributed by atoms with van der Waals surface area (Å²) in [6.07, 6.45) is 3.74. The summed E-state index contributed by atoms with van der Waals surface area (Å²) >= 11 is 0. The van der Waals surface area contributed by atoms with Gasteiger partial charge >= 0.3 is 0 Å². The lowest BCUT2D eigenvalue weighted by atomic mass is 9.99. The third-order valence-corrected chi connectivity index (χ3v) is 4.19. The summed E-state index contributed by atoms with van der Waals surface area (Å²) < 4.78 is 0. The molecule has 0 spiro atoms. The second-order valence-electron chi connectivity index (χ2n) is 5.33. The van der Waals surface area contributed by atoms with Crippen molar-refractivity contribution in [1.82, 2.24) is 10.2 Å². The van der Waals surface area contributed by atoms with Crippen LogP contribution in [0.15, 0.2) is 24.3 Å². The summed E-state index contributed by atoms with van der Waals surface area (Å²) in [5.74, 6) is 0. The summed E-state index contributed by atoms with van der Waals surface area (Å²) in [4.78, 5) is 2.64. The van der Waals surface area contributed by atoms with Gasteiger partial charge in [-0.3, -0.25) is 4.90 Å². The SMILES string of the molecule is CCCC(NC)C(CC)N1Cc2ccccc2C1. The van der Waals surface area contributed by atoms with Crippen LogP contribution in [0.2, 0.25) is 0 Å². The van der Waals surface area contributed by atoms with Gasteiger partial charge in [0.05, 0.1) is 0 Å². The van der Waals surface area contributed by atoms with Crippen LogP contribution in [0.4, 0.5) is 0 Å². The van der Waals surface area contributed by atoms with Crippen molar-refractivity contribution < 1.29 is 0 Å². The topological polar surface area (TPSA) is 15.3 Å². The number of nitrogens with zero attached hydrogens (tertiary/aromatic N) is 1. The lowest BCUT2D eigenvalue weighted by molar-refractivity contribution is 0.149. The Kier molecular flexibility index (Phi) is 4.79. The van der Waals surface area contributed by atoms with Crippen molar-refractivity contribution in [3.63, 3.8) is 0 Å². The van der Waals surface area contributed by atoms with E-state index in [1.165, 1.54) is 30.4 Å². The molecule has 18 heavy (non-hydrogen) atoms. The monoisotopic (exact) mass is 246 g/mol. The summed E-state index contributed by atoms with van der Waals surface area (Å²) in [5, 5.41) is 3.52. The maximum Gasteiger partial charge on any atom is 0.0253 e. The van der Waals surface area contributed by atoms with Gasteiger partial charge in [0.25, 0.3) is 0 Å². The van der Waals surface area contributed by atoms with Crippen LogP contribution in [0.25, 0.3) is 0 Å². The summed E-state index contributed by atoms with van der Waals surface area (Å²) in [6.45, 7) is 6.83. The van der Waals surface area contributed by atoms with Gasteiger partial charge in [0.1, 0.15) is 0 Å². The molecule has 100 valence electrons. The molecule has 2 heteroatoms. The quantitative estimate of drug-likeness (QED) is 0.829. The Labute approximate surface area is 111 Å². The van der Waals surface area contributed by atoms with E-state index < -0.39 is 0 Å². The molecule has 1 aromatic carbocycles. The van der Waals surface area contributed by atoms with Gasteiger partial charge in [-0.15, -0.1) is 0 Å². The number of hydrogen-bond donors (Lipinski definition) is 1. The maximum absolute atomic E-state index is 3.52. The lowest BCUT2D eigenvalue weighted by Gasteiger charge is -2.33. The Morgan fingerprint density at radius 1 is 1.17 bits per heavy atom. The van der Waals surface area contributed by atoms with Crippen molar-refractivity contribution in [3.8, 4) is 0 Å². The molecule has 0 saturated carbocycles. The highest BCUT2D eigenvalue weighted by Crippen LogP contribution is 2.27. The number of nitrogens with one attached hydrogen (secondary N) is 1. The number of fused-ring (bicyclic) bond motifs is 1. The average Bonchev–Trinajstić information content (AvgIpc) is 2.82. The molecule has 1 heterocycles. The largest absolute Gasteiger partial charge is 0.315 e. The first-order chi connectivity index (χ1) is 8.80. The van der Waals surface area contributed by atoms with Crippen molar-refractivity contribution in [2.75, 3.05) is 7.05 Å². The van der Waals surface area contributed by atoms with E-state index in [2.05, 4.69) is 55.4 Å². The first kappa shape index (κ1) is 13.6. The predicted molar refractivity (Wildman–Crippen MR) is 77.5 cm³/mol. The zero-order valence-electron chi connectivity index (χ0n) is 11.9. The van der Waals surface area contributed by atoms with Crippen LogP contribution >= 0.6 is 0 Å². The van der Waals surface area contributed by atoms with Crippen LogP contribution in [0, 0.1) is 0 Å². The molecule has 1 aliphatic rings. The van der Waals surface area contributed by atoms with Crippen LogP contribution < -0.4 is 5.32 Å². The molecule has 0 aromatic heterocycles. The molecule has 1 N–H and O–H groups in total. The van der Waals surface area contributed by atoms with E-state index in [0.717, 1.165) is 13.1 Å². The minimum atomic E-state index is 0.620. The van der Waals surface area contributed by atoms with Gasteiger partial charge in [-0.05, 0) is 31.0 Å². The molecule has 2 nitrogen and oxygen atoms in total. The highest BCUT2D eigenvalue weighted by molar-refractivity contribution is 5.30. The first-order valence-electron chi connectivity index (χ1n) is 7.28. The van der Waals surface area contributed by atoms with E-state index in [9.17, 15) is 0 Å². The molecule has 0 amide bonds. The lowest BCUT2D eigenvalue weighted by Crippen LogP contribution is -2.46. The minimum Gasteiger partial charge on any atom is -0.315 e. The highest BCUT2D eigenvalue weighted by Gasteiger charge is 2.28. The van der Waals surface area contributed by atoms with Gasteiger partial charge in [-0.2, -0.15) is 0 Å². The van der Waals surface area contributed by atoms with Crippen LogP contribution in [0.3, 0.4) is 0 Å². The molecular weight excluding hydrogens is 220 g/mol. The molecule has 0 radical (unpaired) electrons. The Bertz CT molecular complexity index is 350. The molecular formula is C16H26N2. The van der Waals surface area contributed by atoms with E-state index >= 15 is 0 Å². The summed E-state index contributed by atoms with van der Waals surface area (Å²) in [7, 11) is 2.10. The fourth-order valence-electron chi connectivity index (χ4n) is 3.23. The first-order valence-corrected chi connectivity index (χ1v) is 7.28. The molecule has 0 bridgehead atoms. The van der Waals surface area contributed by atoms with Gasteiger partial charge in [-0.1, -0.05) is 44.5 Å². The normalized spacial score (nSPS) is 18.6. The van der Waals surface area contributed by atoms with Crippen molar-refractivity contribution in [3.05, 3.63) is 35.4 Å².